The van der Waals surface area contributed by atoms with Crippen LogP contribution in [0.15, 0.2) is 12.1 Å². The second-order valence-electron chi connectivity index (χ2n) is 4.64. The number of hydrogen-bond acceptors (Lipinski definition) is 2. The predicted molar refractivity (Wildman–Crippen MR) is 75.2 cm³/mol. The zero-order valence-electron chi connectivity index (χ0n) is 12.2. The summed E-state index contributed by atoms with van der Waals surface area (Å²) in [5.41, 5.74) is 4.36. The first kappa shape index (κ1) is 14.7. The highest BCUT2D eigenvalue weighted by molar-refractivity contribution is 5.91. The Bertz CT molecular complexity index is 417. The fourth-order valence-electron chi connectivity index (χ4n) is 2.33. The first-order chi connectivity index (χ1) is 8.63. The van der Waals surface area contributed by atoms with E-state index in [2.05, 4.69) is 13.0 Å². The van der Waals surface area contributed by atoms with E-state index < -0.39 is 0 Å². The van der Waals surface area contributed by atoms with Crippen LogP contribution in [0, 0.1) is 13.8 Å². The molecule has 1 aromatic rings. The number of benzene rings is 1. The molecule has 100 valence electrons. The van der Waals surface area contributed by atoms with Crippen LogP contribution in [0.5, 0.6) is 0 Å². The van der Waals surface area contributed by atoms with E-state index in [0.717, 1.165) is 5.56 Å². The summed E-state index contributed by atoms with van der Waals surface area (Å²) in [6.07, 6.45) is 3.91. The number of esters is 1. The molecule has 0 heterocycles. The SMILES string of the molecule is CC.COC(=O)c1cc(C)c(C2CCC2)cc1C. The van der Waals surface area contributed by atoms with Crippen molar-refractivity contribution in [1.29, 1.82) is 0 Å². The highest BCUT2D eigenvalue weighted by Crippen LogP contribution is 2.38. The van der Waals surface area contributed by atoms with Gasteiger partial charge in [-0.05, 0) is 55.4 Å². The van der Waals surface area contributed by atoms with Gasteiger partial charge in [-0.1, -0.05) is 26.3 Å². The van der Waals surface area contributed by atoms with Crippen LogP contribution in [-0.2, 0) is 4.74 Å². The Labute approximate surface area is 110 Å². The van der Waals surface area contributed by atoms with Gasteiger partial charge in [0.15, 0.2) is 0 Å². The molecule has 0 N–H and O–H groups in total. The van der Waals surface area contributed by atoms with E-state index in [0.29, 0.717) is 11.5 Å². The molecule has 1 fully saturated rings. The Morgan fingerprint density at radius 1 is 1.17 bits per heavy atom. The molecule has 0 radical (unpaired) electrons. The van der Waals surface area contributed by atoms with E-state index in [1.807, 2.05) is 26.8 Å². The fourth-order valence-corrected chi connectivity index (χ4v) is 2.33. The predicted octanol–water partition coefficient (Wildman–Crippen LogP) is 4.38. The van der Waals surface area contributed by atoms with Crippen molar-refractivity contribution in [3.05, 3.63) is 34.4 Å². The molecule has 0 saturated heterocycles. The van der Waals surface area contributed by atoms with Crippen molar-refractivity contribution in [2.45, 2.75) is 52.9 Å². The third kappa shape index (κ3) is 2.92. The van der Waals surface area contributed by atoms with Crippen LogP contribution in [0.3, 0.4) is 0 Å². The molecule has 2 heteroatoms. The van der Waals surface area contributed by atoms with E-state index in [-0.39, 0.29) is 5.97 Å². The normalized spacial score (nSPS) is 14.3. The Morgan fingerprint density at radius 2 is 1.78 bits per heavy atom. The van der Waals surface area contributed by atoms with E-state index >= 15 is 0 Å². The van der Waals surface area contributed by atoms with Crippen molar-refractivity contribution < 1.29 is 9.53 Å². The number of hydrogen-bond donors (Lipinski definition) is 0. The number of aryl methyl sites for hydroxylation is 2. The minimum absolute atomic E-state index is 0.235. The Hall–Kier alpha value is -1.31. The number of methoxy groups -OCH3 is 1. The monoisotopic (exact) mass is 248 g/mol. The third-order valence-electron chi connectivity index (χ3n) is 3.56. The van der Waals surface area contributed by atoms with Gasteiger partial charge in [0, 0.05) is 0 Å². The van der Waals surface area contributed by atoms with Crippen molar-refractivity contribution >= 4 is 5.97 Å². The molecule has 0 atom stereocenters. The molecule has 0 amide bonds. The molecule has 0 bridgehead atoms. The van der Waals surface area contributed by atoms with Crippen LogP contribution in [0.4, 0.5) is 0 Å². The molecule has 1 aromatic carbocycles. The summed E-state index contributed by atoms with van der Waals surface area (Å²) < 4.78 is 4.77. The number of rotatable bonds is 2. The zero-order chi connectivity index (χ0) is 13.7. The second kappa shape index (κ2) is 6.58. The molecule has 2 nitrogen and oxygen atoms in total. The average molecular weight is 248 g/mol. The molecule has 0 unspecified atom stereocenters. The van der Waals surface area contributed by atoms with Gasteiger partial charge in [-0.25, -0.2) is 4.79 Å². The lowest BCUT2D eigenvalue weighted by molar-refractivity contribution is 0.0599. The minimum Gasteiger partial charge on any atom is -0.465 e. The summed E-state index contributed by atoms with van der Waals surface area (Å²) >= 11 is 0. The summed E-state index contributed by atoms with van der Waals surface area (Å²) in [4.78, 5) is 11.5. The van der Waals surface area contributed by atoms with Gasteiger partial charge in [0.1, 0.15) is 0 Å². The van der Waals surface area contributed by atoms with Crippen LogP contribution < -0.4 is 0 Å². The molecular weight excluding hydrogens is 224 g/mol. The molecule has 2 rings (SSSR count). The summed E-state index contributed by atoms with van der Waals surface area (Å²) in [6, 6.07) is 4.13. The molecule has 18 heavy (non-hydrogen) atoms. The fraction of sp³-hybridized carbons (Fsp3) is 0.562. The van der Waals surface area contributed by atoms with Crippen LogP contribution in [0.1, 0.15) is 66.1 Å². The first-order valence-corrected chi connectivity index (χ1v) is 6.83. The van der Waals surface area contributed by atoms with Crippen molar-refractivity contribution in [2.75, 3.05) is 7.11 Å². The van der Waals surface area contributed by atoms with Crippen molar-refractivity contribution in [3.8, 4) is 0 Å². The molecule has 0 spiro atoms. The molecule has 0 aromatic heterocycles. The molecule has 1 aliphatic carbocycles. The van der Waals surface area contributed by atoms with Gasteiger partial charge < -0.3 is 4.74 Å². The van der Waals surface area contributed by atoms with Gasteiger partial charge >= 0.3 is 5.97 Å². The van der Waals surface area contributed by atoms with Gasteiger partial charge in [0.2, 0.25) is 0 Å². The maximum atomic E-state index is 11.5. The van der Waals surface area contributed by atoms with E-state index in [4.69, 9.17) is 4.74 Å². The lowest BCUT2D eigenvalue weighted by Gasteiger charge is -2.28. The quantitative estimate of drug-likeness (QED) is 0.726. The van der Waals surface area contributed by atoms with Crippen LogP contribution >= 0.6 is 0 Å². The van der Waals surface area contributed by atoms with Gasteiger partial charge in [-0.2, -0.15) is 0 Å². The van der Waals surface area contributed by atoms with Crippen LogP contribution in [-0.4, -0.2) is 13.1 Å². The van der Waals surface area contributed by atoms with Crippen molar-refractivity contribution in [1.82, 2.24) is 0 Å². The van der Waals surface area contributed by atoms with Crippen LogP contribution in [0.25, 0.3) is 0 Å². The number of carbonyl (C=O) groups excluding carboxylic acids is 1. The first-order valence-electron chi connectivity index (χ1n) is 6.83. The molecule has 0 aliphatic heterocycles. The summed E-state index contributed by atoms with van der Waals surface area (Å²) in [7, 11) is 1.43. The molecule has 1 aliphatic rings. The summed E-state index contributed by atoms with van der Waals surface area (Å²) in [5.74, 6) is 0.478. The number of carbonyl (C=O) groups is 1. The van der Waals surface area contributed by atoms with E-state index in [1.54, 1.807) is 0 Å². The molecule has 1 saturated carbocycles. The maximum absolute atomic E-state index is 11.5. The van der Waals surface area contributed by atoms with Gasteiger partial charge in [-0.3, -0.25) is 0 Å². The van der Waals surface area contributed by atoms with Gasteiger partial charge in [-0.15, -0.1) is 0 Å². The highest BCUT2D eigenvalue weighted by Gasteiger charge is 2.22. The average Bonchev–Trinajstić information content (AvgIpc) is 2.33. The number of ether oxygens (including phenoxy) is 1. The standard InChI is InChI=1S/C14H18O2.C2H6/c1-9-8-13(14(15)16-3)10(2)7-12(9)11-5-4-6-11;1-2/h7-8,11H,4-6H2,1-3H3;1-2H3. The summed E-state index contributed by atoms with van der Waals surface area (Å²) in [6.45, 7) is 8.06. The van der Waals surface area contributed by atoms with E-state index in [9.17, 15) is 4.79 Å². The summed E-state index contributed by atoms with van der Waals surface area (Å²) in [5, 5.41) is 0. The smallest absolute Gasteiger partial charge is 0.338 e. The van der Waals surface area contributed by atoms with Crippen molar-refractivity contribution in [3.63, 3.8) is 0 Å². The van der Waals surface area contributed by atoms with Gasteiger partial charge in [0.05, 0.1) is 12.7 Å². The Morgan fingerprint density at radius 3 is 2.22 bits per heavy atom. The second-order valence-corrected chi connectivity index (χ2v) is 4.64. The molecular formula is C16H24O2. The van der Waals surface area contributed by atoms with Crippen molar-refractivity contribution in [2.24, 2.45) is 0 Å². The maximum Gasteiger partial charge on any atom is 0.338 e. The third-order valence-corrected chi connectivity index (χ3v) is 3.56. The van der Waals surface area contributed by atoms with E-state index in [1.165, 1.54) is 37.5 Å². The largest absolute Gasteiger partial charge is 0.465 e. The van der Waals surface area contributed by atoms with Gasteiger partial charge in [0.25, 0.3) is 0 Å². The zero-order valence-corrected chi connectivity index (χ0v) is 12.2. The lowest BCUT2D eigenvalue weighted by atomic mass is 9.77. The van der Waals surface area contributed by atoms with Crippen LogP contribution in [0.2, 0.25) is 0 Å². The lowest BCUT2D eigenvalue weighted by Crippen LogP contribution is -2.12. The highest BCUT2D eigenvalue weighted by atomic mass is 16.5. The topological polar surface area (TPSA) is 26.3 Å². The Kier molecular flexibility index (Phi) is 5.39. The Balaban J connectivity index is 0.000000771. The minimum atomic E-state index is -0.235.